The molecule has 0 aromatic heterocycles. The quantitative estimate of drug-likeness (QED) is 0.470. The fraction of sp³-hybridized carbons (Fsp3) is 0.786. The van der Waals surface area contributed by atoms with Crippen molar-refractivity contribution < 1.29 is 0 Å². The zero-order chi connectivity index (χ0) is 14.7. The predicted molar refractivity (Wildman–Crippen MR) is 84.3 cm³/mol. The number of rotatable bonds is 2. The van der Waals surface area contributed by atoms with Gasteiger partial charge in [0, 0.05) is 38.4 Å². The lowest BCUT2D eigenvalue weighted by Gasteiger charge is -2.41. The molecule has 2 N–H and O–H groups in total. The minimum atomic E-state index is 0.317. The van der Waals surface area contributed by atoms with Crippen molar-refractivity contribution in [2.75, 3.05) is 13.6 Å². The van der Waals surface area contributed by atoms with Crippen LogP contribution in [0.4, 0.5) is 0 Å². The third-order valence-electron chi connectivity index (χ3n) is 4.29. The van der Waals surface area contributed by atoms with Crippen molar-refractivity contribution in [3.8, 4) is 0 Å². The molecular weight excluding hydrogens is 252 g/mol. The molecule has 0 aromatic rings. The van der Waals surface area contributed by atoms with Gasteiger partial charge in [-0.3, -0.25) is 4.99 Å². The van der Waals surface area contributed by atoms with Crippen LogP contribution in [0.15, 0.2) is 15.1 Å². The summed E-state index contributed by atoms with van der Waals surface area (Å²) >= 11 is 0. The Morgan fingerprint density at radius 1 is 1.35 bits per heavy atom. The van der Waals surface area contributed by atoms with E-state index in [-0.39, 0.29) is 0 Å². The van der Waals surface area contributed by atoms with Crippen LogP contribution in [0.25, 0.3) is 0 Å². The minimum Gasteiger partial charge on any atom is -0.335 e. The first-order valence-corrected chi connectivity index (χ1v) is 7.40. The van der Waals surface area contributed by atoms with Crippen molar-refractivity contribution in [2.45, 2.75) is 57.7 Å². The Bertz CT molecular complexity index is 402. The molecule has 2 rings (SSSR count). The van der Waals surface area contributed by atoms with Crippen LogP contribution < -0.4 is 5.73 Å². The van der Waals surface area contributed by atoms with Crippen LogP contribution in [-0.2, 0) is 0 Å². The fourth-order valence-electron chi connectivity index (χ4n) is 3.29. The van der Waals surface area contributed by atoms with Crippen LogP contribution in [0.3, 0.4) is 0 Å². The first-order valence-electron chi connectivity index (χ1n) is 7.40. The van der Waals surface area contributed by atoms with Gasteiger partial charge in [-0.1, -0.05) is 0 Å². The number of hydrazone groups is 1. The highest BCUT2D eigenvalue weighted by atomic mass is 15.6. The third kappa shape index (κ3) is 2.85. The monoisotopic (exact) mass is 278 g/mol. The highest BCUT2D eigenvalue weighted by Crippen LogP contribution is 2.36. The molecule has 2 bridgehead atoms. The van der Waals surface area contributed by atoms with Crippen molar-refractivity contribution in [3.05, 3.63) is 0 Å². The van der Waals surface area contributed by atoms with Crippen molar-refractivity contribution in [1.82, 2.24) is 9.91 Å². The minimum absolute atomic E-state index is 0.317. The van der Waals surface area contributed by atoms with Crippen molar-refractivity contribution in [3.63, 3.8) is 0 Å². The van der Waals surface area contributed by atoms with E-state index >= 15 is 0 Å². The fourth-order valence-corrected chi connectivity index (χ4v) is 3.29. The van der Waals surface area contributed by atoms with E-state index in [9.17, 15) is 0 Å². The van der Waals surface area contributed by atoms with Gasteiger partial charge in [-0.25, -0.2) is 5.01 Å². The molecule has 2 fully saturated rings. The number of nitrogens with zero attached hydrogens (tertiary/aromatic N) is 5. The lowest BCUT2D eigenvalue weighted by atomic mass is 9.98. The topological polar surface area (TPSA) is 69.6 Å². The predicted octanol–water partition coefficient (Wildman–Crippen LogP) is 1.28. The molecule has 0 spiro atoms. The van der Waals surface area contributed by atoms with Gasteiger partial charge in [0.1, 0.15) is 5.84 Å². The molecule has 0 aromatic carbocycles. The zero-order valence-electron chi connectivity index (χ0n) is 12.8. The van der Waals surface area contributed by atoms with E-state index in [1.165, 1.54) is 12.8 Å². The highest BCUT2D eigenvalue weighted by Gasteiger charge is 2.42. The number of guanidine groups is 1. The molecule has 0 saturated carbocycles. The van der Waals surface area contributed by atoms with E-state index in [1.54, 1.807) is 7.05 Å². The molecule has 6 nitrogen and oxygen atoms in total. The van der Waals surface area contributed by atoms with E-state index in [2.05, 4.69) is 33.6 Å². The maximum atomic E-state index is 6.15. The van der Waals surface area contributed by atoms with Crippen LogP contribution in [0, 0.1) is 0 Å². The van der Waals surface area contributed by atoms with Crippen molar-refractivity contribution >= 4 is 18.5 Å². The molecule has 2 saturated heterocycles. The normalized spacial score (nSPS) is 30.6. The van der Waals surface area contributed by atoms with Gasteiger partial charge in [0.2, 0.25) is 5.96 Å². The summed E-state index contributed by atoms with van der Waals surface area (Å²) in [5.74, 6) is 1.64. The molecule has 6 heteroatoms. The summed E-state index contributed by atoms with van der Waals surface area (Å²) in [5, 5.41) is 5.97. The first kappa shape index (κ1) is 15.0. The van der Waals surface area contributed by atoms with Crippen LogP contribution >= 0.6 is 0 Å². The second-order valence-electron chi connectivity index (χ2n) is 5.56. The van der Waals surface area contributed by atoms with Crippen molar-refractivity contribution in [2.24, 2.45) is 20.8 Å². The van der Waals surface area contributed by atoms with Gasteiger partial charge < -0.3 is 10.6 Å². The lowest BCUT2D eigenvalue weighted by molar-refractivity contribution is 0.189. The van der Waals surface area contributed by atoms with Crippen molar-refractivity contribution in [1.29, 1.82) is 0 Å². The second-order valence-corrected chi connectivity index (χ2v) is 5.56. The number of aliphatic imine (C=N–C) groups is 2. The number of hydrogen-bond acceptors (Lipinski definition) is 3. The lowest BCUT2D eigenvalue weighted by Crippen LogP contribution is -2.54. The van der Waals surface area contributed by atoms with E-state index in [4.69, 9.17) is 5.73 Å². The summed E-state index contributed by atoms with van der Waals surface area (Å²) < 4.78 is 0. The molecule has 0 amide bonds. The molecule has 3 atom stereocenters. The number of fused-ring (bicyclic) bond motifs is 2. The molecule has 20 heavy (non-hydrogen) atoms. The van der Waals surface area contributed by atoms with Gasteiger partial charge in [0.15, 0.2) is 0 Å². The Morgan fingerprint density at radius 3 is 2.40 bits per heavy atom. The smallest absolute Gasteiger partial charge is 0.224 e. The van der Waals surface area contributed by atoms with Gasteiger partial charge in [-0.15, -0.1) is 0 Å². The van der Waals surface area contributed by atoms with Gasteiger partial charge >= 0.3 is 0 Å². The number of piperidine rings is 1. The van der Waals surface area contributed by atoms with Gasteiger partial charge in [0.05, 0.1) is 0 Å². The molecule has 112 valence electrons. The maximum absolute atomic E-state index is 6.15. The van der Waals surface area contributed by atoms with Crippen LogP contribution in [-0.4, -0.2) is 60.1 Å². The average Bonchev–Trinajstić information content (AvgIpc) is 2.70. The number of hydrogen-bond donors (Lipinski definition) is 1. The summed E-state index contributed by atoms with van der Waals surface area (Å²) in [5.41, 5.74) is 6.15. The molecule has 0 radical (unpaired) electrons. The van der Waals surface area contributed by atoms with Crippen LogP contribution in [0.2, 0.25) is 0 Å². The SMILES string of the molecule is C=NN(CC)C(=NC(C)=NC)N1C2CC[C@H]1CC(N)C2. The number of nitrogens with two attached hydrogens (primary N) is 1. The molecule has 2 unspecified atom stereocenters. The van der Waals surface area contributed by atoms with E-state index in [0.29, 0.717) is 18.1 Å². The maximum Gasteiger partial charge on any atom is 0.224 e. The molecule has 2 aliphatic rings. The second kappa shape index (κ2) is 6.35. The van der Waals surface area contributed by atoms with Gasteiger partial charge in [-0.2, -0.15) is 10.1 Å². The summed E-state index contributed by atoms with van der Waals surface area (Å²) in [7, 11) is 1.76. The third-order valence-corrected chi connectivity index (χ3v) is 4.29. The van der Waals surface area contributed by atoms with Gasteiger partial charge in [-0.05, 0) is 39.5 Å². The largest absolute Gasteiger partial charge is 0.335 e. The Balaban J connectivity index is 2.32. The van der Waals surface area contributed by atoms with Crippen LogP contribution in [0.1, 0.15) is 39.5 Å². The Morgan fingerprint density at radius 2 is 1.95 bits per heavy atom. The van der Waals surface area contributed by atoms with E-state index < -0.39 is 0 Å². The Kier molecular flexibility index (Phi) is 4.75. The average molecular weight is 278 g/mol. The van der Waals surface area contributed by atoms with Gasteiger partial charge in [0.25, 0.3) is 0 Å². The summed E-state index contributed by atoms with van der Waals surface area (Å²) in [4.78, 5) is 11.2. The highest BCUT2D eigenvalue weighted by molar-refractivity contribution is 5.95. The number of amidine groups is 1. The van der Waals surface area contributed by atoms with Crippen LogP contribution in [0.5, 0.6) is 0 Å². The van der Waals surface area contributed by atoms with E-state index in [1.807, 2.05) is 11.9 Å². The molecular formula is C14H26N6. The summed E-state index contributed by atoms with van der Waals surface area (Å²) in [6.07, 6.45) is 4.45. The Hall–Kier alpha value is -1.43. The Labute approximate surface area is 121 Å². The zero-order valence-corrected chi connectivity index (χ0v) is 12.8. The summed E-state index contributed by atoms with van der Waals surface area (Å²) in [6, 6.07) is 1.27. The molecule has 2 heterocycles. The first-order chi connectivity index (χ1) is 9.60. The molecule has 0 aliphatic carbocycles. The van der Waals surface area contributed by atoms with E-state index in [0.717, 1.165) is 31.2 Å². The molecule has 2 aliphatic heterocycles. The summed E-state index contributed by atoms with van der Waals surface area (Å²) in [6.45, 7) is 8.39. The standard InChI is InChI=1S/C14H26N6/c1-5-19(17-4)14(18-10(2)16-3)20-12-6-7-13(20)9-11(15)8-12/h11-13H,4-9,15H2,1-3H3/t11?,12-,13?/m0/s1.